The molecule has 0 amide bonds. The Kier molecular flexibility index (Phi) is 2.04. The third kappa shape index (κ3) is 1.72. The molecule has 63 valence electrons. The molecule has 0 aliphatic rings. The standard InChI is InChI=1S/C11H7FN/c12-10-5-3-4-9(8-10)11-6-1-2-7-13-11/h1-4,6-8H. The van der Waals surface area contributed by atoms with Crippen LogP contribution in [0.3, 0.4) is 0 Å². The quantitative estimate of drug-likeness (QED) is 0.644. The van der Waals surface area contributed by atoms with E-state index in [1.165, 1.54) is 6.07 Å². The molecule has 0 unspecified atom stereocenters. The Balaban J connectivity index is 2.48. The third-order valence-electron chi connectivity index (χ3n) is 1.73. The van der Waals surface area contributed by atoms with Crippen molar-refractivity contribution in [2.24, 2.45) is 0 Å². The summed E-state index contributed by atoms with van der Waals surface area (Å²) in [6.07, 6.45) is 1.68. The Bertz CT molecular complexity index is 398. The van der Waals surface area contributed by atoms with E-state index in [-0.39, 0.29) is 5.82 Å². The van der Waals surface area contributed by atoms with Crippen molar-refractivity contribution in [1.29, 1.82) is 0 Å². The zero-order valence-corrected chi connectivity index (χ0v) is 6.87. The predicted octanol–water partition coefficient (Wildman–Crippen LogP) is 2.69. The highest BCUT2D eigenvalue weighted by Crippen LogP contribution is 2.16. The highest BCUT2D eigenvalue weighted by Gasteiger charge is 1.98. The molecule has 0 spiro atoms. The van der Waals surface area contributed by atoms with Gasteiger partial charge in [-0.25, -0.2) is 4.39 Å². The minimum Gasteiger partial charge on any atom is -0.256 e. The summed E-state index contributed by atoms with van der Waals surface area (Å²) >= 11 is 0. The average molecular weight is 172 g/mol. The van der Waals surface area contributed by atoms with E-state index in [0.717, 1.165) is 11.3 Å². The van der Waals surface area contributed by atoms with Gasteiger partial charge < -0.3 is 0 Å². The van der Waals surface area contributed by atoms with Crippen LogP contribution in [0.15, 0.2) is 42.6 Å². The fraction of sp³-hybridized carbons (Fsp3) is 0. The first-order chi connectivity index (χ1) is 6.36. The molecule has 0 fully saturated rings. The van der Waals surface area contributed by atoms with Gasteiger partial charge in [-0.1, -0.05) is 18.2 Å². The smallest absolute Gasteiger partial charge is 0.131 e. The van der Waals surface area contributed by atoms with E-state index < -0.39 is 0 Å². The van der Waals surface area contributed by atoms with Crippen LogP contribution in [0.25, 0.3) is 11.3 Å². The van der Waals surface area contributed by atoms with E-state index in [9.17, 15) is 4.39 Å². The summed E-state index contributed by atoms with van der Waals surface area (Å²) in [4.78, 5) is 4.11. The summed E-state index contributed by atoms with van der Waals surface area (Å²) in [6, 6.07) is 12.7. The molecular formula is C11H7FN. The second-order valence-corrected chi connectivity index (χ2v) is 2.64. The number of nitrogens with zero attached hydrogens (tertiary/aromatic N) is 1. The molecule has 1 aromatic heterocycles. The van der Waals surface area contributed by atoms with Crippen molar-refractivity contribution >= 4 is 0 Å². The van der Waals surface area contributed by atoms with Gasteiger partial charge in [0.25, 0.3) is 0 Å². The molecule has 2 heteroatoms. The van der Waals surface area contributed by atoms with Gasteiger partial charge in [-0.2, -0.15) is 0 Å². The average Bonchev–Trinajstić information content (AvgIpc) is 2.19. The molecule has 0 bridgehead atoms. The summed E-state index contributed by atoms with van der Waals surface area (Å²) in [5.74, 6) is -0.358. The number of pyridine rings is 1. The van der Waals surface area contributed by atoms with Gasteiger partial charge >= 0.3 is 0 Å². The Labute approximate surface area is 75.9 Å². The van der Waals surface area contributed by atoms with Gasteiger partial charge in [-0.05, 0) is 18.2 Å². The lowest BCUT2D eigenvalue weighted by molar-refractivity contribution is 0.626. The highest BCUT2D eigenvalue weighted by atomic mass is 19.1. The van der Waals surface area contributed by atoms with E-state index in [1.54, 1.807) is 18.3 Å². The molecule has 1 heterocycles. The van der Waals surface area contributed by atoms with E-state index in [4.69, 9.17) is 0 Å². The topological polar surface area (TPSA) is 12.9 Å². The van der Waals surface area contributed by atoms with Gasteiger partial charge in [-0.15, -0.1) is 0 Å². The summed E-state index contributed by atoms with van der Waals surface area (Å²) in [7, 11) is 0. The molecule has 13 heavy (non-hydrogen) atoms. The Morgan fingerprint density at radius 3 is 2.85 bits per heavy atom. The van der Waals surface area contributed by atoms with Crippen LogP contribution < -0.4 is 0 Å². The molecule has 0 N–H and O–H groups in total. The fourth-order valence-electron chi connectivity index (χ4n) is 1.13. The van der Waals surface area contributed by atoms with Gasteiger partial charge in [0.1, 0.15) is 5.82 Å². The first-order valence-corrected chi connectivity index (χ1v) is 3.95. The van der Waals surface area contributed by atoms with E-state index in [2.05, 4.69) is 11.1 Å². The second kappa shape index (κ2) is 3.35. The molecule has 0 saturated heterocycles. The second-order valence-electron chi connectivity index (χ2n) is 2.64. The Hall–Kier alpha value is -1.70. The first kappa shape index (κ1) is 7.92. The lowest BCUT2D eigenvalue weighted by Gasteiger charge is -1.98. The number of rotatable bonds is 1. The summed E-state index contributed by atoms with van der Waals surface area (Å²) in [5, 5.41) is 0. The van der Waals surface area contributed by atoms with Crippen LogP contribution in [-0.4, -0.2) is 4.98 Å². The normalized spacial score (nSPS) is 9.92. The third-order valence-corrected chi connectivity index (χ3v) is 1.73. The zero-order chi connectivity index (χ0) is 9.10. The van der Waals surface area contributed by atoms with Gasteiger partial charge in [0, 0.05) is 17.8 Å². The number of benzene rings is 1. The minimum atomic E-state index is -0.358. The van der Waals surface area contributed by atoms with Crippen molar-refractivity contribution in [3.63, 3.8) is 0 Å². The first-order valence-electron chi connectivity index (χ1n) is 3.95. The fourth-order valence-corrected chi connectivity index (χ4v) is 1.13. The molecule has 1 radical (unpaired) electrons. The van der Waals surface area contributed by atoms with Crippen LogP contribution >= 0.6 is 0 Å². The summed E-state index contributed by atoms with van der Waals surface area (Å²) in [6.45, 7) is 0. The zero-order valence-electron chi connectivity index (χ0n) is 6.87. The van der Waals surface area contributed by atoms with Gasteiger partial charge in [0.2, 0.25) is 0 Å². The van der Waals surface area contributed by atoms with Crippen LogP contribution in [0, 0.1) is 11.9 Å². The molecule has 2 rings (SSSR count). The van der Waals surface area contributed by atoms with E-state index in [0.29, 0.717) is 0 Å². The Morgan fingerprint density at radius 1 is 1.23 bits per heavy atom. The van der Waals surface area contributed by atoms with E-state index in [1.807, 2.05) is 18.2 Å². The molecule has 0 atom stereocenters. The SMILES string of the molecule is Fc1[c]ccc(-c2ccccn2)c1. The molecule has 2 aromatic rings. The van der Waals surface area contributed by atoms with Gasteiger partial charge in [0.05, 0.1) is 5.69 Å². The van der Waals surface area contributed by atoms with Crippen LogP contribution in [-0.2, 0) is 0 Å². The van der Waals surface area contributed by atoms with Crippen LogP contribution in [0.5, 0.6) is 0 Å². The lowest BCUT2D eigenvalue weighted by Crippen LogP contribution is -1.82. The number of halogens is 1. The number of hydrogen-bond donors (Lipinski definition) is 0. The predicted molar refractivity (Wildman–Crippen MR) is 48.5 cm³/mol. The van der Waals surface area contributed by atoms with Crippen LogP contribution in [0.2, 0.25) is 0 Å². The van der Waals surface area contributed by atoms with Crippen molar-refractivity contribution in [1.82, 2.24) is 4.98 Å². The highest BCUT2D eigenvalue weighted by molar-refractivity contribution is 5.58. The van der Waals surface area contributed by atoms with Crippen molar-refractivity contribution < 1.29 is 4.39 Å². The number of aromatic nitrogens is 1. The van der Waals surface area contributed by atoms with Crippen molar-refractivity contribution in [3.8, 4) is 11.3 Å². The minimum absolute atomic E-state index is 0.358. The van der Waals surface area contributed by atoms with Crippen molar-refractivity contribution in [2.75, 3.05) is 0 Å². The van der Waals surface area contributed by atoms with Gasteiger partial charge in [0.15, 0.2) is 0 Å². The maximum absolute atomic E-state index is 12.8. The molecule has 1 aromatic carbocycles. The van der Waals surface area contributed by atoms with Crippen LogP contribution in [0.4, 0.5) is 4.39 Å². The van der Waals surface area contributed by atoms with E-state index >= 15 is 0 Å². The molecular weight excluding hydrogens is 165 g/mol. The maximum atomic E-state index is 12.8. The number of hydrogen-bond acceptors (Lipinski definition) is 1. The lowest BCUT2D eigenvalue weighted by atomic mass is 10.1. The summed E-state index contributed by atoms with van der Waals surface area (Å²) in [5.41, 5.74) is 1.55. The van der Waals surface area contributed by atoms with Crippen LogP contribution in [0.1, 0.15) is 0 Å². The van der Waals surface area contributed by atoms with Crippen molar-refractivity contribution in [3.05, 3.63) is 54.5 Å². The largest absolute Gasteiger partial charge is 0.256 e. The molecule has 0 saturated carbocycles. The van der Waals surface area contributed by atoms with Crippen molar-refractivity contribution in [2.45, 2.75) is 0 Å². The molecule has 0 aliphatic heterocycles. The molecule has 1 nitrogen and oxygen atoms in total. The maximum Gasteiger partial charge on any atom is 0.131 e. The monoisotopic (exact) mass is 172 g/mol. The van der Waals surface area contributed by atoms with Gasteiger partial charge in [-0.3, -0.25) is 4.98 Å². The summed E-state index contributed by atoms with van der Waals surface area (Å²) < 4.78 is 12.8. The molecule has 0 aliphatic carbocycles. The Morgan fingerprint density at radius 2 is 2.15 bits per heavy atom.